The summed E-state index contributed by atoms with van der Waals surface area (Å²) in [7, 11) is 1.62. The quantitative estimate of drug-likeness (QED) is 0.805. The number of rotatable bonds is 3. The van der Waals surface area contributed by atoms with Crippen LogP contribution in [0.2, 0.25) is 0 Å². The number of fused-ring (bicyclic) bond motifs is 1. The lowest BCUT2D eigenvalue weighted by molar-refractivity contribution is 0.165. The number of nitrogens with two attached hydrogens (primary N) is 1. The molecule has 4 heteroatoms. The molecule has 0 unspecified atom stereocenters. The topological polar surface area (TPSA) is 53.7 Å². The van der Waals surface area contributed by atoms with Crippen LogP contribution in [0.15, 0.2) is 12.1 Å². The van der Waals surface area contributed by atoms with Gasteiger partial charge in [0, 0.05) is 0 Å². The molecule has 0 amide bonds. The van der Waals surface area contributed by atoms with Crippen LogP contribution >= 0.6 is 0 Å². The number of hydrogen-bond acceptors (Lipinski definition) is 4. The molecule has 1 aromatic rings. The van der Waals surface area contributed by atoms with Crippen LogP contribution in [0.4, 0.5) is 0 Å². The smallest absolute Gasteiger partial charge is 0.203 e. The fraction of sp³-hybridized carbons (Fsp3) is 0.455. The second kappa shape index (κ2) is 4.40. The van der Waals surface area contributed by atoms with Gasteiger partial charge in [-0.1, -0.05) is 0 Å². The average molecular weight is 209 g/mol. The summed E-state index contributed by atoms with van der Waals surface area (Å²) in [5.74, 6) is 2.17. The van der Waals surface area contributed by atoms with Crippen molar-refractivity contribution in [2.45, 2.75) is 6.42 Å². The van der Waals surface area contributed by atoms with E-state index in [0.29, 0.717) is 25.5 Å². The molecule has 0 saturated carbocycles. The zero-order valence-electron chi connectivity index (χ0n) is 8.79. The third-order valence-corrected chi connectivity index (χ3v) is 2.32. The highest BCUT2D eigenvalue weighted by Gasteiger charge is 2.17. The van der Waals surface area contributed by atoms with E-state index < -0.39 is 0 Å². The van der Waals surface area contributed by atoms with Gasteiger partial charge in [0.25, 0.3) is 0 Å². The SMILES string of the molecule is COc1cc(CCN)cc2c1OCCO2. The van der Waals surface area contributed by atoms with Gasteiger partial charge in [-0.3, -0.25) is 0 Å². The van der Waals surface area contributed by atoms with Gasteiger partial charge in [0.1, 0.15) is 13.2 Å². The van der Waals surface area contributed by atoms with Gasteiger partial charge >= 0.3 is 0 Å². The Morgan fingerprint density at radius 3 is 2.87 bits per heavy atom. The van der Waals surface area contributed by atoms with Crippen LogP contribution in [0.3, 0.4) is 0 Å². The van der Waals surface area contributed by atoms with Crippen LogP contribution in [-0.4, -0.2) is 26.9 Å². The van der Waals surface area contributed by atoms with Gasteiger partial charge in [-0.25, -0.2) is 0 Å². The van der Waals surface area contributed by atoms with Crippen LogP contribution in [0.25, 0.3) is 0 Å². The maximum absolute atomic E-state index is 5.52. The number of benzene rings is 1. The summed E-state index contributed by atoms with van der Waals surface area (Å²) in [5, 5.41) is 0. The van der Waals surface area contributed by atoms with E-state index in [1.807, 2.05) is 12.1 Å². The summed E-state index contributed by atoms with van der Waals surface area (Å²) in [4.78, 5) is 0. The van der Waals surface area contributed by atoms with Gasteiger partial charge in [-0.2, -0.15) is 0 Å². The molecule has 1 aliphatic heterocycles. The summed E-state index contributed by atoms with van der Waals surface area (Å²) >= 11 is 0. The maximum atomic E-state index is 5.52. The molecule has 2 rings (SSSR count). The molecule has 1 heterocycles. The Labute approximate surface area is 88.9 Å². The highest BCUT2D eigenvalue weighted by atomic mass is 16.6. The molecule has 0 aromatic heterocycles. The van der Waals surface area contributed by atoms with Gasteiger partial charge in [0.05, 0.1) is 7.11 Å². The molecule has 0 bridgehead atoms. The van der Waals surface area contributed by atoms with E-state index in [4.69, 9.17) is 19.9 Å². The molecule has 0 saturated heterocycles. The Hall–Kier alpha value is -1.42. The first-order valence-electron chi connectivity index (χ1n) is 5.01. The molecule has 4 nitrogen and oxygen atoms in total. The molecule has 1 aromatic carbocycles. The zero-order valence-corrected chi connectivity index (χ0v) is 8.79. The third-order valence-electron chi connectivity index (χ3n) is 2.32. The molecule has 0 spiro atoms. The van der Waals surface area contributed by atoms with Crippen molar-refractivity contribution < 1.29 is 14.2 Å². The summed E-state index contributed by atoms with van der Waals surface area (Å²) in [6, 6.07) is 3.91. The molecular formula is C11H15NO3. The minimum absolute atomic E-state index is 0.569. The molecule has 0 fully saturated rings. The molecule has 15 heavy (non-hydrogen) atoms. The molecule has 0 aliphatic carbocycles. The van der Waals surface area contributed by atoms with Crippen LogP contribution in [0.1, 0.15) is 5.56 Å². The van der Waals surface area contributed by atoms with E-state index in [-0.39, 0.29) is 0 Å². The first-order valence-corrected chi connectivity index (χ1v) is 5.01. The molecule has 0 radical (unpaired) electrons. The zero-order chi connectivity index (χ0) is 10.7. The lowest BCUT2D eigenvalue weighted by atomic mass is 10.1. The highest BCUT2D eigenvalue weighted by molar-refractivity contribution is 5.54. The molecule has 1 aliphatic rings. The lowest BCUT2D eigenvalue weighted by Gasteiger charge is -2.21. The average Bonchev–Trinajstić information content (AvgIpc) is 2.28. The molecule has 2 N–H and O–H groups in total. The number of ether oxygens (including phenoxy) is 3. The van der Waals surface area contributed by atoms with Gasteiger partial charge < -0.3 is 19.9 Å². The van der Waals surface area contributed by atoms with Crippen molar-refractivity contribution in [2.75, 3.05) is 26.9 Å². The van der Waals surface area contributed by atoms with Crippen molar-refractivity contribution in [1.82, 2.24) is 0 Å². The minimum atomic E-state index is 0.569. The Bertz CT molecular complexity index is 335. The third kappa shape index (κ3) is 1.99. The highest BCUT2D eigenvalue weighted by Crippen LogP contribution is 2.40. The fourth-order valence-corrected chi connectivity index (χ4v) is 1.64. The summed E-state index contributed by atoms with van der Waals surface area (Å²) in [6.07, 6.45) is 0.812. The van der Waals surface area contributed by atoms with Crippen molar-refractivity contribution in [2.24, 2.45) is 5.73 Å². The van der Waals surface area contributed by atoms with Crippen molar-refractivity contribution in [3.05, 3.63) is 17.7 Å². The van der Waals surface area contributed by atoms with Gasteiger partial charge in [-0.15, -0.1) is 0 Å². The van der Waals surface area contributed by atoms with Crippen LogP contribution < -0.4 is 19.9 Å². The summed E-state index contributed by atoms with van der Waals surface area (Å²) in [5.41, 5.74) is 6.63. The normalized spacial score (nSPS) is 13.7. The van der Waals surface area contributed by atoms with Gasteiger partial charge in [0.2, 0.25) is 5.75 Å². The summed E-state index contributed by atoms with van der Waals surface area (Å²) in [6.45, 7) is 1.77. The Morgan fingerprint density at radius 2 is 2.13 bits per heavy atom. The van der Waals surface area contributed by atoms with Gasteiger partial charge in [0.15, 0.2) is 11.5 Å². The van der Waals surface area contributed by atoms with Crippen LogP contribution in [0.5, 0.6) is 17.2 Å². The minimum Gasteiger partial charge on any atom is -0.493 e. The van der Waals surface area contributed by atoms with Gasteiger partial charge in [-0.05, 0) is 30.7 Å². The van der Waals surface area contributed by atoms with Crippen LogP contribution in [0, 0.1) is 0 Å². The van der Waals surface area contributed by atoms with E-state index in [1.165, 1.54) is 0 Å². The van der Waals surface area contributed by atoms with E-state index in [9.17, 15) is 0 Å². The molecule has 82 valence electrons. The van der Waals surface area contributed by atoms with Crippen LogP contribution in [-0.2, 0) is 6.42 Å². The Kier molecular flexibility index (Phi) is 2.97. The number of methoxy groups -OCH3 is 1. The standard InChI is InChI=1S/C11H15NO3/c1-13-9-6-8(2-3-12)7-10-11(9)15-5-4-14-10/h6-7H,2-5,12H2,1H3. The van der Waals surface area contributed by atoms with Crippen molar-refractivity contribution in [3.8, 4) is 17.2 Å². The first-order chi connectivity index (χ1) is 7.35. The maximum Gasteiger partial charge on any atom is 0.203 e. The first kappa shape index (κ1) is 10.1. The van der Waals surface area contributed by atoms with E-state index in [2.05, 4.69) is 0 Å². The van der Waals surface area contributed by atoms with Crippen molar-refractivity contribution in [1.29, 1.82) is 0 Å². The van der Waals surface area contributed by atoms with Crippen molar-refractivity contribution >= 4 is 0 Å². The number of hydrogen-bond donors (Lipinski definition) is 1. The van der Waals surface area contributed by atoms with E-state index >= 15 is 0 Å². The van der Waals surface area contributed by atoms with Crippen molar-refractivity contribution in [3.63, 3.8) is 0 Å². The molecule has 0 atom stereocenters. The van der Waals surface area contributed by atoms with E-state index in [0.717, 1.165) is 23.5 Å². The summed E-state index contributed by atoms with van der Waals surface area (Å²) < 4.78 is 16.3. The lowest BCUT2D eigenvalue weighted by Crippen LogP contribution is -2.16. The predicted octanol–water partition coefficient (Wildman–Crippen LogP) is 0.968. The fourth-order valence-electron chi connectivity index (χ4n) is 1.64. The largest absolute Gasteiger partial charge is 0.493 e. The monoisotopic (exact) mass is 209 g/mol. The Morgan fingerprint density at radius 1 is 1.33 bits per heavy atom. The Balaban J connectivity index is 2.38. The second-order valence-electron chi connectivity index (χ2n) is 3.36. The predicted molar refractivity (Wildman–Crippen MR) is 56.7 cm³/mol. The molecular weight excluding hydrogens is 194 g/mol. The van der Waals surface area contributed by atoms with E-state index in [1.54, 1.807) is 7.11 Å². The second-order valence-corrected chi connectivity index (χ2v) is 3.36.